The Labute approximate surface area is 234 Å². The van der Waals surface area contributed by atoms with Crippen molar-refractivity contribution in [3.05, 3.63) is 11.6 Å². The van der Waals surface area contributed by atoms with Gasteiger partial charge in [0.1, 0.15) is 6.10 Å². The molecule has 5 heteroatoms. The van der Waals surface area contributed by atoms with Crippen LogP contribution in [0, 0.1) is 46.3 Å². The Bertz CT molecular complexity index is 798. The van der Waals surface area contributed by atoms with Gasteiger partial charge in [-0.1, -0.05) is 65.5 Å². The van der Waals surface area contributed by atoms with Gasteiger partial charge in [-0.3, -0.25) is 0 Å². The summed E-state index contributed by atoms with van der Waals surface area (Å²) in [6, 6.07) is 0. The van der Waals surface area contributed by atoms with Crippen LogP contribution in [-0.4, -0.2) is 39.4 Å². The van der Waals surface area contributed by atoms with Gasteiger partial charge >= 0.3 is 6.09 Å². The molecule has 0 bridgehead atoms. The number of amides is 1. The van der Waals surface area contributed by atoms with Gasteiger partial charge in [0, 0.05) is 6.42 Å². The van der Waals surface area contributed by atoms with Gasteiger partial charge in [0.25, 0.3) is 0 Å². The normalized spacial score (nSPS) is 37.6. The van der Waals surface area contributed by atoms with Crippen LogP contribution in [0.1, 0.15) is 105 Å². The number of allylic oxidation sites excluding steroid dienone is 1. The van der Waals surface area contributed by atoms with Crippen molar-refractivity contribution in [3.63, 3.8) is 0 Å². The molecule has 37 heavy (non-hydrogen) atoms. The number of hydrogen-bond acceptors (Lipinski definition) is 2. The third kappa shape index (κ3) is 6.53. The van der Waals surface area contributed by atoms with E-state index in [1.54, 1.807) is 5.57 Å². The van der Waals surface area contributed by atoms with Gasteiger partial charge < -0.3 is 27.4 Å². The lowest BCUT2D eigenvalue weighted by Crippen LogP contribution is -3.06. The number of rotatable bonds is 9. The molecular weight excluding hydrogens is 480 g/mol. The van der Waals surface area contributed by atoms with E-state index in [2.05, 4.69) is 60.1 Å². The molecule has 0 aromatic carbocycles. The SMILES string of the molecule is CC(C)CCC[C@H](C)[C@H]1CC[C@H]2[C@@H]3CC=C4C[C@@H](OC(=O)NCC[NH+](C)C)CC[C@]4(C)[C@H]3CC[C@]12C.[Cl-]. The van der Waals surface area contributed by atoms with Crippen molar-refractivity contribution in [3.8, 4) is 0 Å². The maximum atomic E-state index is 12.3. The molecule has 8 atom stereocenters. The number of carbonyl (C=O) groups excluding carboxylic acids is 1. The van der Waals surface area contributed by atoms with Crippen LogP contribution >= 0.6 is 0 Å². The minimum absolute atomic E-state index is 0. The van der Waals surface area contributed by atoms with Gasteiger partial charge in [-0.25, -0.2) is 4.79 Å². The van der Waals surface area contributed by atoms with Gasteiger partial charge in [0.05, 0.1) is 27.2 Å². The van der Waals surface area contributed by atoms with Gasteiger partial charge in [0.2, 0.25) is 0 Å². The Kier molecular flexibility index (Phi) is 10.5. The Morgan fingerprint density at radius 1 is 1.08 bits per heavy atom. The third-order valence-electron chi connectivity index (χ3n) is 11.4. The smallest absolute Gasteiger partial charge is 0.407 e. The third-order valence-corrected chi connectivity index (χ3v) is 11.4. The molecule has 0 aromatic heterocycles. The maximum Gasteiger partial charge on any atom is 0.407 e. The van der Waals surface area contributed by atoms with Crippen molar-refractivity contribution in [2.75, 3.05) is 27.2 Å². The molecule has 0 unspecified atom stereocenters. The molecule has 0 saturated heterocycles. The first-order valence-electron chi connectivity index (χ1n) is 15.5. The topological polar surface area (TPSA) is 42.8 Å². The molecule has 1 amide bonds. The lowest BCUT2D eigenvalue weighted by atomic mass is 9.47. The number of carbonyl (C=O) groups is 1. The van der Waals surface area contributed by atoms with Crippen molar-refractivity contribution in [1.29, 1.82) is 0 Å². The lowest BCUT2D eigenvalue weighted by molar-refractivity contribution is -0.856. The van der Waals surface area contributed by atoms with E-state index in [-0.39, 0.29) is 24.6 Å². The molecule has 214 valence electrons. The number of quaternary nitrogens is 1. The van der Waals surface area contributed by atoms with E-state index in [4.69, 9.17) is 4.74 Å². The van der Waals surface area contributed by atoms with E-state index >= 15 is 0 Å². The van der Waals surface area contributed by atoms with Gasteiger partial charge in [-0.2, -0.15) is 0 Å². The molecular formula is C32H57ClN2O2. The fraction of sp³-hybridized carbons (Fsp3) is 0.906. The first kappa shape index (κ1) is 30.8. The first-order valence-corrected chi connectivity index (χ1v) is 15.5. The zero-order valence-electron chi connectivity index (χ0n) is 25.0. The highest BCUT2D eigenvalue weighted by molar-refractivity contribution is 5.67. The molecule has 4 rings (SSSR count). The first-order chi connectivity index (χ1) is 17.0. The summed E-state index contributed by atoms with van der Waals surface area (Å²) in [6.07, 6.45) is 16.8. The number of nitrogens with one attached hydrogen (secondary N) is 2. The van der Waals surface area contributed by atoms with Gasteiger partial charge in [0.15, 0.2) is 0 Å². The summed E-state index contributed by atoms with van der Waals surface area (Å²) < 4.78 is 5.88. The minimum Gasteiger partial charge on any atom is -1.00 e. The summed E-state index contributed by atoms with van der Waals surface area (Å²) in [4.78, 5) is 13.7. The van der Waals surface area contributed by atoms with Crippen LogP contribution in [0.3, 0.4) is 0 Å². The molecule has 0 heterocycles. The summed E-state index contributed by atoms with van der Waals surface area (Å²) in [6.45, 7) is 14.2. The highest BCUT2D eigenvalue weighted by Gasteiger charge is 2.59. The molecule has 4 aliphatic carbocycles. The number of halogens is 1. The van der Waals surface area contributed by atoms with Crippen molar-refractivity contribution >= 4 is 6.09 Å². The van der Waals surface area contributed by atoms with Crippen LogP contribution in [-0.2, 0) is 4.74 Å². The number of fused-ring (bicyclic) bond motifs is 5. The second-order valence-corrected chi connectivity index (χ2v) is 14.4. The molecule has 3 fully saturated rings. The van der Waals surface area contributed by atoms with E-state index in [9.17, 15) is 4.79 Å². The molecule has 0 aliphatic heterocycles. The van der Waals surface area contributed by atoms with Crippen molar-refractivity contribution in [2.24, 2.45) is 46.3 Å². The summed E-state index contributed by atoms with van der Waals surface area (Å²) in [7, 11) is 4.21. The Morgan fingerprint density at radius 2 is 1.84 bits per heavy atom. The van der Waals surface area contributed by atoms with Gasteiger partial charge in [-0.05, 0) is 91.3 Å². The lowest BCUT2D eigenvalue weighted by Gasteiger charge is -2.58. The van der Waals surface area contributed by atoms with Crippen molar-refractivity contribution < 1.29 is 26.8 Å². The molecule has 0 radical (unpaired) electrons. The zero-order chi connectivity index (χ0) is 26.1. The predicted octanol–water partition coefficient (Wildman–Crippen LogP) is 3.27. The quantitative estimate of drug-likeness (QED) is 0.444. The molecule has 4 aliphatic rings. The Morgan fingerprint density at radius 3 is 2.54 bits per heavy atom. The summed E-state index contributed by atoms with van der Waals surface area (Å²) in [5.74, 6) is 5.22. The molecule has 2 N–H and O–H groups in total. The second-order valence-electron chi connectivity index (χ2n) is 14.4. The van der Waals surface area contributed by atoms with E-state index in [1.165, 1.54) is 62.7 Å². The van der Waals surface area contributed by atoms with E-state index in [0.717, 1.165) is 54.9 Å². The molecule has 0 aromatic rings. The number of alkyl carbamates (subject to hydrolysis) is 1. The average Bonchev–Trinajstić information content (AvgIpc) is 3.16. The standard InChI is InChI=1S/C32H56N2O2.ClH/c1-22(2)9-8-10-23(3)27-13-14-28-26-12-11-24-21-25(36-30(35)33-19-20-34(6)7)15-17-31(24,4)29(26)16-18-32(27,28)5;/h11,22-23,25-29H,8-10,12-21H2,1-7H3,(H,33,35);1H/t23-,25-,26-,27+,28-,29-,31-,32+;/m0./s1. The highest BCUT2D eigenvalue weighted by Crippen LogP contribution is 2.67. The summed E-state index contributed by atoms with van der Waals surface area (Å²) in [5, 5.41) is 2.95. The fourth-order valence-electron chi connectivity index (χ4n) is 9.36. The Hall–Kier alpha value is -0.740. The van der Waals surface area contributed by atoms with E-state index < -0.39 is 0 Å². The van der Waals surface area contributed by atoms with Crippen LogP contribution < -0.4 is 22.6 Å². The van der Waals surface area contributed by atoms with Crippen LogP contribution in [0.15, 0.2) is 11.6 Å². The average molecular weight is 537 g/mol. The number of likely N-dealkylation sites (N-methyl/N-ethyl adjacent to an activating group) is 1. The monoisotopic (exact) mass is 536 g/mol. The van der Waals surface area contributed by atoms with Crippen LogP contribution in [0.25, 0.3) is 0 Å². The highest BCUT2D eigenvalue weighted by atomic mass is 35.5. The minimum atomic E-state index is -0.230. The van der Waals surface area contributed by atoms with Crippen molar-refractivity contribution in [2.45, 2.75) is 111 Å². The molecule has 3 saturated carbocycles. The Balaban J connectivity index is 0.00000380. The second kappa shape index (κ2) is 12.6. The maximum absolute atomic E-state index is 12.3. The van der Waals surface area contributed by atoms with Crippen LogP contribution in [0.4, 0.5) is 4.79 Å². The molecule has 4 nitrogen and oxygen atoms in total. The number of ether oxygens (including phenoxy) is 1. The predicted molar refractivity (Wildman–Crippen MR) is 149 cm³/mol. The number of hydrogen-bond donors (Lipinski definition) is 2. The van der Waals surface area contributed by atoms with E-state index in [0.29, 0.717) is 17.4 Å². The largest absolute Gasteiger partial charge is 1.00 e. The van der Waals surface area contributed by atoms with Crippen LogP contribution in [0.5, 0.6) is 0 Å². The van der Waals surface area contributed by atoms with Crippen LogP contribution in [0.2, 0.25) is 0 Å². The van der Waals surface area contributed by atoms with Gasteiger partial charge in [-0.15, -0.1) is 0 Å². The zero-order valence-corrected chi connectivity index (χ0v) is 25.8. The molecule has 0 spiro atoms. The summed E-state index contributed by atoms with van der Waals surface area (Å²) in [5.41, 5.74) is 2.47. The fourth-order valence-corrected chi connectivity index (χ4v) is 9.36. The summed E-state index contributed by atoms with van der Waals surface area (Å²) >= 11 is 0. The van der Waals surface area contributed by atoms with E-state index in [1.807, 2.05) is 0 Å². The van der Waals surface area contributed by atoms with Crippen molar-refractivity contribution in [1.82, 2.24) is 5.32 Å².